The summed E-state index contributed by atoms with van der Waals surface area (Å²) in [5.74, 6) is 0.242. The second kappa shape index (κ2) is 3.29. The molecule has 66 valence electrons. The van der Waals surface area contributed by atoms with E-state index in [0.29, 0.717) is 9.46 Å². The summed E-state index contributed by atoms with van der Waals surface area (Å²) in [6.45, 7) is 0. The molecular formula is C7H4IN3O2. The lowest BCUT2D eigenvalue weighted by Gasteiger charge is -1.90. The number of nitrogens with one attached hydrogen (secondary N) is 1. The van der Waals surface area contributed by atoms with Gasteiger partial charge < -0.3 is 9.40 Å². The van der Waals surface area contributed by atoms with E-state index in [2.05, 4.69) is 15.2 Å². The van der Waals surface area contributed by atoms with Gasteiger partial charge in [-0.2, -0.15) is 0 Å². The molecule has 6 heteroatoms. The quantitative estimate of drug-likeness (QED) is 0.796. The van der Waals surface area contributed by atoms with Crippen LogP contribution in [0, 0.1) is 3.90 Å². The minimum atomic E-state index is -0.140. The van der Waals surface area contributed by atoms with E-state index in [0.717, 1.165) is 0 Å². The van der Waals surface area contributed by atoms with E-state index in [-0.39, 0.29) is 11.3 Å². The van der Waals surface area contributed by atoms with Crippen LogP contribution in [0.3, 0.4) is 0 Å². The van der Waals surface area contributed by atoms with Gasteiger partial charge in [-0.1, -0.05) is 0 Å². The van der Waals surface area contributed by atoms with E-state index in [9.17, 15) is 4.79 Å². The molecule has 0 aromatic carbocycles. The standard InChI is InChI=1S/C7H4IN3O2/c8-7-11-10-6(13-7)4-3-9-2-1-5(4)12/h1-3H,(H,9,12). The summed E-state index contributed by atoms with van der Waals surface area (Å²) < 4.78 is 5.51. The Morgan fingerprint density at radius 1 is 1.46 bits per heavy atom. The summed E-state index contributed by atoms with van der Waals surface area (Å²) in [6.07, 6.45) is 3.08. The molecule has 13 heavy (non-hydrogen) atoms. The predicted octanol–water partition coefficient (Wildman–Crippen LogP) is 1.03. The van der Waals surface area contributed by atoms with Crippen molar-refractivity contribution in [2.45, 2.75) is 0 Å². The van der Waals surface area contributed by atoms with Crippen molar-refractivity contribution in [2.24, 2.45) is 0 Å². The number of hydrogen-bond acceptors (Lipinski definition) is 4. The van der Waals surface area contributed by atoms with Crippen molar-refractivity contribution in [1.29, 1.82) is 0 Å². The van der Waals surface area contributed by atoms with Gasteiger partial charge in [0.25, 0.3) is 9.79 Å². The fraction of sp³-hybridized carbons (Fsp3) is 0. The van der Waals surface area contributed by atoms with Gasteiger partial charge in [0.1, 0.15) is 5.56 Å². The van der Waals surface area contributed by atoms with Gasteiger partial charge in [-0.25, -0.2) is 0 Å². The van der Waals surface area contributed by atoms with Crippen molar-refractivity contribution >= 4 is 22.6 Å². The molecule has 0 aliphatic heterocycles. The Labute approximate surface area is 86.3 Å². The Morgan fingerprint density at radius 3 is 2.92 bits per heavy atom. The topological polar surface area (TPSA) is 71.8 Å². The number of rotatable bonds is 1. The van der Waals surface area contributed by atoms with E-state index < -0.39 is 0 Å². The van der Waals surface area contributed by atoms with E-state index in [1.54, 1.807) is 6.20 Å². The fourth-order valence-electron chi connectivity index (χ4n) is 0.897. The number of aromatic nitrogens is 3. The summed E-state index contributed by atoms with van der Waals surface area (Å²) in [4.78, 5) is 14.1. The van der Waals surface area contributed by atoms with Gasteiger partial charge in [-0.15, -0.1) is 10.2 Å². The van der Waals surface area contributed by atoms with Crippen molar-refractivity contribution < 1.29 is 4.42 Å². The highest BCUT2D eigenvalue weighted by molar-refractivity contribution is 14.1. The van der Waals surface area contributed by atoms with Gasteiger partial charge in [0, 0.05) is 41.1 Å². The number of H-pyrrole nitrogens is 1. The van der Waals surface area contributed by atoms with Crippen molar-refractivity contribution in [1.82, 2.24) is 15.2 Å². The van der Waals surface area contributed by atoms with Crippen LogP contribution in [0.15, 0.2) is 27.7 Å². The van der Waals surface area contributed by atoms with Gasteiger partial charge in [-0.05, 0) is 0 Å². The van der Waals surface area contributed by atoms with Crippen LogP contribution in [0.5, 0.6) is 0 Å². The molecule has 0 saturated carbocycles. The first kappa shape index (κ1) is 8.42. The van der Waals surface area contributed by atoms with Gasteiger partial charge in [-0.3, -0.25) is 4.79 Å². The molecule has 0 unspecified atom stereocenters. The zero-order valence-corrected chi connectivity index (χ0v) is 8.48. The Balaban J connectivity index is 2.59. The Morgan fingerprint density at radius 2 is 2.31 bits per heavy atom. The van der Waals surface area contributed by atoms with Crippen LogP contribution in [-0.4, -0.2) is 15.2 Å². The van der Waals surface area contributed by atoms with Crippen molar-refractivity contribution in [2.75, 3.05) is 0 Å². The molecule has 0 bridgehead atoms. The number of nitrogens with zero attached hydrogens (tertiary/aromatic N) is 2. The molecule has 0 radical (unpaired) electrons. The molecule has 0 aliphatic rings. The molecule has 2 aromatic heterocycles. The zero-order valence-electron chi connectivity index (χ0n) is 6.32. The molecule has 2 rings (SSSR count). The van der Waals surface area contributed by atoms with Gasteiger partial charge in [0.05, 0.1) is 0 Å². The third kappa shape index (κ3) is 1.62. The number of aromatic amines is 1. The van der Waals surface area contributed by atoms with E-state index >= 15 is 0 Å². The molecular weight excluding hydrogens is 285 g/mol. The smallest absolute Gasteiger partial charge is 0.278 e. The molecule has 0 saturated heterocycles. The highest BCUT2D eigenvalue weighted by Crippen LogP contribution is 2.12. The predicted molar refractivity (Wildman–Crippen MR) is 53.1 cm³/mol. The molecule has 2 heterocycles. The average Bonchev–Trinajstić information content (AvgIpc) is 2.53. The molecule has 2 aromatic rings. The monoisotopic (exact) mass is 289 g/mol. The Hall–Kier alpha value is -1.18. The number of pyridine rings is 1. The van der Waals surface area contributed by atoms with Crippen molar-refractivity contribution in [3.05, 3.63) is 32.6 Å². The molecule has 0 aliphatic carbocycles. The normalized spacial score (nSPS) is 10.2. The maximum atomic E-state index is 11.3. The van der Waals surface area contributed by atoms with Crippen molar-refractivity contribution in [3.63, 3.8) is 0 Å². The highest BCUT2D eigenvalue weighted by atomic mass is 127. The first-order valence-corrected chi connectivity index (χ1v) is 4.52. The van der Waals surface area contributed by atoms with E-state index in [1.807, 2.05) is 22.6 Å². The molecule has 0 spiro atoms. The highest BCUT2D eigenvalue weighted by Gasteiger charge is 2.08. The van der Waals surface area contributed by atoms with Crippen molar-refractivity contribution in [3.8, 4) is 11.5 Å². The van der Waals surface area contributed by atoms with Gasteiger partial charge >= 0.3 is 0 Å². The minimum Gasteiger partial charge on any atom is -0.411 e. The largest absolute Gasteiger partial charge is 0.411 e. The minimum absolute atomic E-state index is 0.140. The van der Waals surface area contributed by atoms with Crippen LogP contribution in [-0.2, 0) is 0 Å². The Bertz CT molecular complexity index is 476. The SMILES string of the molecule is O=c1cc[nH]cc1-c1nnc(I)o1. The first-order chi connectivity index (χ1) is 6.27. The summed E-state index contributed by atoms with van der Waals surface area (Å²) in [5.41, 5.74) is 0.247. The summed E-state index contributed by atoms with van der Waals surface area (Å²) in [7, 11) is 0. The van der Waals surface area contributed by atoms with E-state index in [1.165, 1.54) is 12.3 Å². The van der Waals surface area contributed by atoms with Gasteiger partial charge in [0.2, 0.25) is 0 Å². The average molecular weight is 289 g/mol. The number of hydrogen-bond donors (Lipinski definition) is 1. The molecule has 0 fully saturated rings. The lowest BCUT2D eigenvalue weighted by Crippen LogP contribution is -2.02. The lowest BCUT2D eigenvalue weighted by molar-refractivity contribution is 0.536. The van der Waals surface area contributed by atoms with Crippen LogP contribution >= 0.6 is 22.6 Å². The second-order valence-corrected chi connectivity index (χ2v) is 3.21. The van der Waals surface area contributed by atoms with Crippen LogP contribution in [0.2, 0.25) is 0 Å². The summed E-state index contributed by atoms with van der Waals surface area (Å²) >= 11 is 1.89. The van der Waals surface area contributed by atoms with E-state index in [4.69, 9.17) is 4.42 Å². The number of halogens is 1. The second-order valence-electron chi connectivity index (χ2n) is 2.28. The molecule has 1 N–H and O–H groups in total. The third-order valence-corrected chi connectivity index (χ3v) is 1.89. The van der Waals surface area contributed by atoms with Crippen LogP contribution in [0.4, 0.5) is 0 Å². The summed E-state index contributed by atoms with van der Waals surface area (Å²) in [6, 6.07) is 1.41. The fourth-order valence-corrected chi connectivity index (χ4v) is 1.21. The Kier molecular flexibility index (Phi) is 2.13. The molecule has 5 nitrogen and oxygen atoms in total. The molecule has 0 amide bonds. The van der Waals surface area contributed by atoms with Crippen LogP contribution in [0.25, 0.3) is 11.5 Å². The maximum absolute atomic E-state index is 11.3. The molecule has 0 atom stereocenters. The van der Waals surface area contributed by atoms with Crippen LogP contribution < -0.4 is 5.43 Å². The first-order valence-electron chi connectivity index (χ1n) is 3.44. The van der Waals surface area contributed by atoms with Crippen LogP contribution in [0.1, 0.15) is 0 Å². The summed E-state index contributed by atoms with van der Waals surface area (Å²) in [5, 5.41) is 7.35. The maximum Gasteiger partial charge on any atom is 0.278 e. The lowest BCUT2D eigenvalue weighted by atomic mass is 10.3. The zero-order chi connectivity index (χ0) is 9.26. The third-order valence-electron chi connectivity index (χ3n) is 1.45. The van der Waals surface area contributed by atoms with Gasteiger partial charge in [0.15, 0.2) is 5.43 Å².